The van der Waals surface area contributed by atoms with E-state index in [1.165, 1.54) is 5.56 Å². The lowest BCUT2D eigenvalue weighted by Gasteiger charge is -2.19. The molecule has 0 aromatic heterocycles. The van der Waals surface area contributed by atoms with Crippen LogP contribution in [-0.2, 0) is 16.1 Å². The number of hydrogen-bond acceptors (Lipinski definition) is 3. The highest BCUT2D eigenvalue weighted by atomic mass is 16.5. The molecular formula is C23H28N2O3. The second-order valence-corrected chi connectivity index (χ2v) is 7.39. The maximum absolute atomic E-state index is 12.7. The minimum absolute atomic E-state index is 0.0365. The van der Waals surface area contributed by atoms with Gasteiger partial charge in [0.25, 0.3) is 0 Å². The molecule has 28 heavy (non-hydrogen) atoms. The molecule has 3 rings (SSSR count). The summed E-state index contributed by atoms with van der Waals surface area (Å²) in [5.74, 6) is 0.483. The number of ether oxygens (including phenoxy) is 1. The minimum atomic E-state index is -0.303. The number of hydrogen-bond donors (Lipinski definition) is 1. The van der Waals surface area contributed by atoms with Crippen LogP contribution in [-0.4, -0.2) is 29.9 Å². The highest BCUT2D eigenvalue weighted by Crippen LogP contribution is 2.23. The second-order valence-electron chi connectivity index (χ2n) is 7.39. The van der Waals surface area contributed by atoms with E-state index < -0.39 is 0 Å². The maximum Gasteiger partial charge on any atom is 0.225 e. The van der Waals surface area contributed by atoms with Gasteiger partial charge in [0.05, 0.1) is 18.6 Å². The summed E-state index contributed by atoms with van der Waals surface area (Å²) in [6, 6.07) is 15.8. The Balaban J connectivity index is 1.55. The van der Waals surface area contributed by atoms with Gasteiger partial charge in [-0.3, -0.25) is 9.59 Å². The third-order valence-electron chi connectivity index (χ3n) is 5.13. The van der Waals surface area contributed by atoms with Gasteiger partial charge in [0.1, 0.15) is 5.75 Å². The molecule has 2 atom stereocenters. The fourth-order valence-electron chi connectivity index (χ4n) is 3.45. The fourth-order valence-corrected chi connectivity index (χ4v) is 3.45. The minimum Gasteiger partial charge on any atom is -0.494 e. The number of amides is 2. The molecule has 1 aliphatic rings. The maximum atomic E-state index is 12.7. The Labute approximate surface area is 166 Å². The molecule has 0 radical (unpaired) electrons. The molecule has 0 bridgehead atoms. The van der Waals surface area contributed by atoms with Crippen molar-refractivity contribution in [3.05, 3.63) is 65.2 Å². The summed E-state index contributed by atoms with van der Waals surface area (Å²) in [5.41, 5.74) is 3.29. The average Bonchev–Trinajstić information content (AvgIpc) is 3.05. The van der Waals surface area contributed by atoms with Crippen LogP contribution in [0.15, 0.2) is 48.5 Å². The van der Waals surface area contributed by atoms with Crippen LogP contribution in [0.5, 0.6) is 5.75 Å². The van der Waals surface area contributed by atoms with Crippen molar-refractivity contribution in [1.29, 1.82) is 0 Å². The van der Waals surface area contributed by atoms with E-state index >= 15 is 0 Å². The zero-order valence-corrected chi connectivity index (χ0v) is 16.8. The molecule has 1 N–H and O–H groups in total. The zero-order chi connectivity index (χ0) is 20.1. The van der Waals surface area contributed by atoms with E-state index in [2.05, 4.69) is 5.32 Å². The smallest absolute Gasteiger partial charge is 0.225 e. The highest BCUT2D eigenvalue weighted by Gasteiger charge is 2.34. The predicted octanol–water partition coefficient (Wildman–Crippen LogP) is 3.62. The molecule has 1 heterocycles. The lowest BCUT2D eigenvalue weighted by molar-refractivity contribution is -0.129. The van der Waals surface area contributed by atoms with Gasteiger partial charge in [0, 0.05) is 19.5 Å². The van der Waals surface area contributed by atoms with Crippen molar-refractivity contribution >= 4 is 11.8 Å². The van der Waals surface area contributed by atoms with Crippen LogP contribution >= 0.6 is 0 Å². The van der Waals surface area contributed by atoms with E-state index in [-0.39, 0.29) is 30.2 Å². The van der Waals surface area contributed by atoms with Crippen LogP contribution in [0.25, 0.3) is 0 Å². The average molecular weight is 380 g/mol. The topological polar surface area (TPSA) is 58.6 Å². The van der Waals surface area contributed by atoms with Crippen LogP contribution in [0.2, 0.25) is 0 Å². The summed E-state index contributed by atoms with van der Waals surface area (Å²) in [6.07, 6.45) is 0.272. The van der Waals surface area contributed by atoms with Crippen molar-refractivity contribution in [2.24, 2.45) is 5.92 Å². The number of carbonyl (C=O) groups excluding carboxylic acids is 2. The fraction of sp³-hybridized carbons (Fsp3) is 0.391. The molecule has 1 aliphatic heterocycles. The quantitative estimate of drug-likeness (QED) is 0.798. The molecule has 1 fully saturated rings. The highest BCUT2D eigenvalue weighted by molar-refractivity contribution is 5.89. The summed E-state index contributed by atoms with van der Waals surface area (Å²) < 4.78 is 5.45. The molecule has 2 unspecified atom stereocenters. The van der Waals surface area contributed by atoms with Gasteiger partial charge >= 0.3 is 0 Å². The molecule has 0 saturated carbocycles. The van der Waals surface area contributed by atoms with Gasteiger partial charge in [-0.25, -0.2) is 0 Å². The third kappa shape index (κ3) is 4.91. The zero-order valence-electron chi connectivity index (χ0n) is 16.8. The first kappa shape index (κ1) is 19.9. The Morgan fingerprint density at radius 1 is 1.18 bits per heavy atom. The van der Waals surface area contributed by atoms with Crippen molar-refractivity contribution < 1.29 is 14.3 Å². The van der Waals surface area contributed by atoms with E-state index in [0.717, 1.165) is 16.9 Å². The number of benzene rings is 2. The molecule has 0 aliphatic carbocycles. The van der Waals surface area contributed by atoms with Gasteiger partial charge in [-0.2, -0.15) is 0 Å². The molecule has 2 aromatic carbocycles. The molecule has 5 heteroatoms. The van der Waals surface area contributed by atoms with Gasteiger partial charge in [-0.15, -0.1) is 0 Å². The standard InChI is InChI=1S/C23H28N2O3/c1-4-28-21-11-9-19(10-12-21)17(3)24-23(27)20-13-22(26)25(15-20)14-18-7-5-16(2)6-8-18/h5-12,17,20H,4,13-15H2,1-3H3,(H,24,27). The Hall–Kier alpha value is -2.82. The van der Waals surface area contributed by atoms with E-state index in [1.807, 2.05) is 69.3 Å². The number of carbonyl (C=O) groups is 2. The summed E-state index contributed by atoms with van der Waals surface area (Å²) >= 11 is 0. The second kappa shape index (κ2) is 8.91. The summed E-state index contributed by atoms with van der Waals surface area (Å²) in [5, 5.41) is 3.04. The van der Waals surface area contributed by atoms with Gasteiger partial charge in [-0.1, -0.05) is 42.0 Å². The molecule has 148 valence electrons. The third-order valence-corrected chi connectivity index (χ3v) is 5.13. The SMILES string of the molecule is CCOc1ccc(C(C)NC(=O)C2CC(=O)N(Cc3ccc(C)cc3)C2)cc1. The Morgan fingerprint density at radius 2 is 1.86 bits per heavy atom. The number of likely N-dealkylation sites (tertiary alicyclic amines) is 1. The number of rotatable bonds is 7. The van der Waals surface area contributed by atoms with Gasteiger partial charge < -0.3 is 15.0 Å². The molecule has 1 saturated heterocycles. The Bertz CT molecular complexity index is 815. The molecule has 2 aromatic rings. The monoisotopic (exact) mass is 380 g/mol. The van der Waals surface area contributed by atoms with Crippen molar-refractivity contribution in [3.63, 3.8) is 0 Å². The Morgan fingerprint density at radius 3 is 2.50 bits per heavy atom. The lowest BCUT2D eigenvalue weighted by atomic mass is 10.0. The van der Waals surface area contributed by atoms with Gasteiger partial charge in [0.2, 0.25) is 11.8 Å². The van der Waals surface area contributed by atoms with E-state index in [4.69, 9.17) is 4.74 Å². The first-order chi connectivity index (χ1) is 13.5. The number of nitrogens with one attached hydrogen (secondary N) is 1. The predicted molar refractivity (Wildman–Crippen MR) is 109 cm³/mol. The van der Waals surface area contributed by atoms with Crippen LogP contribution in [0.3, 0.4) is 0 Å². The van der Waals surface area contributed by atoms with Crippen LogP contribution < -0.4 is 10.1 Å². The van der Waals surface area contributed by atoms with Crippen LogP contribution in [0.4, 0.5) is 0 Å². The number of nitrogens with zero attached hydrogens (tertiary/aromatic N) is 1. The van der Waals surface area contributed by atoms with Crippen LogP contribution in [0, 0.1) is 12.8 Å². The van der Waals surface area contributed by atoms with E-state index in [1.54, 1.807) is 4.90 Å². The molecule has 0 spiro atoms. The Kier molecular flexibility index (Phi) is 6.34. The summed E-state index contributed by atoms with van der Waals surface area (Å²) in [4.78, 5) is 26.8. The van der Waals surface area contributed by atoms with Crippen LogP contribution in [0.1, 0.15) is 43.0 Å². The van der Waals surface area contributed by atoms with Gasteiger partial charge in [0.15, 0.2) is 0 Å². The first-order valence-electron chi connectivity index (χ1n) is 9.82. The normalized spacial score (nSPS) is 17.5. The lowest BCUT2D eigenvalue weighted by Crippen LogP contribution is -2.34. The van der Waals surface area contributed by atoms with E-state index in [0.29, 0.717) is 19.7 Å². The largest absolute Gasteiger partial charge is 0.494 e. The summed E-state index contributed by atoms with van der Waals surface area (Å²) in [7, 11) is 0. The molecule has 5 nitrogen and oxygen atoms in total. The molecular weight excluding hydrogens is 352 g/mol. The van der Waals surface area contributed by atoms with E-state index in [9.17, 15) is 9.59 Å². The summed E-state index contributed by atoms with van der Waals surface area (Å²) in [6.45, 7) is 7.58. The number of aryl methyl sites for hydroxylation is 1. The van der Waals surface area contributed by atoms with Crippen molar-refractivity contribution in [2.45, 2.75) is 39.8 Å². The van der Waals surface area contributed by atoms with Crippen molar-refractivity contribution in [3.8, 4) is 5.75 Å². The van der Waals surface area contributed by atoms with Crippen molar-refractivity contribution in [1.82, 2.24) is 10.2 Å². The van der Waals surface area contributed by atoms with Gasteiger partial charge in [-0.05, 0) is 44.0 Å². The molecule has 2 amide bonds. The van der Waals surface area contributed by atoms with Crippen molar-refractivity contribution in [2.75, 3.05) is 13.2 Å². The first-order valence-corrected chi connectivity index (χ1v) is 9.82.